The van der Waals surface area contributed by atoms with Crippen molar-refractivity contribution >= 4 is 12.0 Å². The molecule has 1 aliphatic rings. The van der Waals surface area contributed by atoms with Gasteiger partial charge < -0.3 is 33.3 Å². The third-order valence-corrected chi connectivity index (χ3v) is 7.65. The number of carbonyl (C=O) groups is 1. The number of benzene rings is 3. The largest absolute Gasteiger partial charge is 0.497 e. The summed E-state index contributed by atoms with van der Waals surface area (Å²) < 4.78 is 33.6. The predicted molar refractivity (Wildman–Crippen MR) is 179 cm³/mol. The molecule has 0 unspecified atom stereocenters. The van der Waals surface area contributed by atoms with E-state index in [4.69, 9.17) is 28.4 Å². The molecular formula is C37H46N2O7. The van der Waals surface area contributed by atoms with Crippen LogP contribution in [0.2, 0.25) is 0 Å². The fraction of sp³-hybridized carbons (Fsp3) is 0.378. The first-order chi connectivity index (χ1) is 22.6. The van der Waals surface area contributed by atoms with Gasteiger partial charge in [0.05, 0.1) is 27.4 Å². The molecule has 0 aromatic heterocycles. The molecule has 0 spiro atoms. The Bertz CT molecular complexity index is 1330. The summed E-state index contributed by atoms with van der Waals surface area (Å²) in [4.78, 5) is 17.2. The van der Waals surface area contributed by atoms with Crippen molar-refractivity contribution in [3.05, 3.63) is 108 Å². The van der Waals surface area contributed by atoms with Gasteiger partial charge in [0.2, 0.25) is 5.91 Å². The van der Waals surface area contributed by atoms with E-state index in [2.05, 4.69) is 29.2 Å². The molecule has 0 N–H and O–H groups in total. The Kier molecular flexibility index (Phi) is 14.6. The molecular weight excluding hydrogens is 584 g/mol. The van der Waals surface area contributed by atoms with E-state index < -0.39 is 0 Å². The van der Waals surface area contributed by atoms with Crippen LogP contribution in [0.3, 0.4) is 0 Å². The van der Waals surface area contributed by atoms with Gasteiger partial charge in [-0.1, -0.05) is 78.9 Å². The molecule has 1 saturated heterocycles. The second-order valence-electron chi connectivity index (χ2n) is 10.7. The molecule has 9 nitrogen and oxygen atoms in total. The fourth-order valence-corrected chi connectivity index (χ4v) is 5.17. The van der Waals surface area contributed by atoms with Gasteiger partial charge in [-0.3, -0.25) is 9.69 Å². The highest BCUT2D eigenvalue weighted by atomic mass is 16.7. The van der Waals surface area contributed by atoms with Crippen molar-refractivity contribution in [3.8, 4) is 17.2 Å². The van der Waals surface area contributed by atoms with Gasteiger partial charge in [-0.15, -0.1) is 0 Å². The van der Waals surface area contributed by atoms with E-state index in [0.717, 1.165) is 42.7 Å². The Morgan fingerprint density at radius 3 is 2.15 bits per heavy atom. The fourth-order valence-electron chi connectivity index (χ4n) is 5.17. The van der Waals surface area contributed by atoms with Gasteiger partial charge in [-0.2, -0.15) is 0 Å². The van der Waals surface area contributed by atoms with Crippen LogP contribution in [0, 0.1) is 0 Å². The topological polar surface area (TPSA) is 78.9 Å². The number of carbonyl (C=O) groups excluding carboxylic acids is 1. The van der Waals surface area contributed by atoms with Gasteiger partial charge in [-0.25, -0.2) is 0 Å². The van der Waals surface area contributed by atoms with Crippen molar-refractivity contribution in [2.75, 3.05) is 80.7 Å². The lowest BCUT2D eigenvalue weighted by atomic mass is 10.0. The smallest absolute Gasteiger partial charge is 0.246 e. The van der Waals surface area contributed by atoms with E-state index in [1.165, 1.54) is 0 Å². The second kappa shape index (κ2) is 19.4. The zero-order valence-corrected chi connectivity index (χ0v) is 27.1. The zero-order valence-electron chi connectivity index (χ0n) is 27.1. The minimum atomic E-state index is -0.0807. The van der Waals surface area contributed by atoms with Crippen LogP contribution in [0.1, 0.15) is 29.2 Å². The molecule has 1 amide bonds. The number of allylic oxidation sites excluding steroid dienone is 2. The van der Waals surface area contributed by atoms with Crippen molar-refractivity contribution < 1.29 is 33.2 Å². The molecule has 1 heterocycles. The number of ether oxygens (including phenoxy) is 6. The van der Waals surface area contributed by atoms with Crippen LogP contribution in [0.4, 0.5) is 0 Å². The van der Waals surface area contributed by atoms with Crippen molar-refractivity contribution in [2.45, 2.75) is 12.5 Å². The predicted octanol–water partition coefficient (Wildman–Crippen LogP) is 5.61. The van der Waals surface area contributed by atoms with Gasteiger partial charge in [0, 0.05) is 64.1 Å². The first-order valence-corrected chi connectivity index (χ1v) is 15.7. The van der Waals surface area contributed by atoms with Crippen molar-refractivity contribution in [1.29, 1.82) is 0 Å². The van der Waals surface area contributed by atoms with E-state index in [1.807, 2.05) is 53.4 Å². The number of rotatable bonds is 18. The van der Waals surface area contributed by atoms with Crippen molar-refractivity contribution in [3.63, 3.8) is 0 Å². The molecule has 46 heavy (non-hydrogen) atoms. The molecule has 3 aromatic rings. The number of methoxy groups -OCH3 is 3. The van der Waals surface area contributed by atoms with Crippen molar-refractivity contribution in [2.24, 2.45) is 0 Å². The Hall–Kier alpha value is -4.15. The maximum atomic E-state index is 12.9. The Balaban J connectivity index is 1.23. The third-order valence-electron chi connectivity index (χ3n) is 7.65. The zero-order chi connectivity index (χ0) is 32.4. The van der Waals surface area contributed by atoms with Gasteiger partial charge >= 0.3 is 0 Å². The summed E-state index contributed by atoms with van der Waals surface area (Å²) in [5.74, 6) is 1.66. The lowest BCUT2D eigenvalue weighted by molar-refractivity contribution is -0.127. The Morgan fingerprint density at radius 1 is 0.826 bits per heavy atom. The SMILES string of the molecule is COCCOCOc1c(C=CC=CC(=O)N2CCN(CCCOC(c3ccccc3)c3ccccc3)CC2)cc(OC)cc1OC. The van der Waals surface area contributed by atoms with Crippen LogP contribution in [0.5, 0.6) is 17.2 Å². The van der Waals surface area contributed by atoms with Crippen molar-refractivity contribution in [1.82, 2.24) is 9.80 Å². The standard InChI is InChI=1S/C37H46N2O7/c1-41-25-26-44-29-46-37-32(27-33(42-2)28-34(37)43-3)17-10-11-18-35(40)39-22-20-38(21-23-39)19-12-24-45-36(30-13-6-4-7-14-30)31-15-8-5-9-16-31/h4-11,13-18,27-28,36H,12,19-26,29H2,1-3H3. The minimum absolute atomic E-state index is 0.00700. The average molecular weight is 631 g/mol. The lowest BCUT2D eigenvalue weighted by Crippen LogP contribution is -2.48. The molecule has 0 aliphatic carbocycles. The molecule has 3 aromatic carbocycles. The number of hydrogen-bond donors (Lipinski definition) is 0. The molecule has 9 heteroatoms. The molecule has 1 fully saturated rings. The number of hydrogen-bond acceptors (Lipinski definition) is 8. The summed E-state index contributed by atoms with van der Waals surface area (Å²) in [6, 6.07) is 24.3. The second-order valence-corrected chi connectivity index (χ2v) is 10.7. The summed E-state index contributed by atoms with van der Waals surface area (Å²) >= 11 is 0. The molecule has 0 bridgehead atoms. The van der Waals surface area contributed by atoms with Crippen LogP contribution >= 0.6 is 0 Å². The highest BCUT2D eigenvalue weighted by molar-refractivity contribution is 5.88. The van der Waals surface area contributed by atoms with Gasteiger partial charge in [-0.05, 0) is 23.6 Å². The number of amides is 1. The maximum absolute atomic E-state index is 12.9. The summed E-state index contributed by atoms with van der Waals surface area (Å²) in [6.45, 7) is 5.60. The quantitative estimate of drug-likeness (QED) is 0.0777. The molecule has 1 aliphatic heterocycles. The molecule has 0 radical (unpaired) electrons. The Morgan fingerprint density at radius 2 is 1.52 bits per heavy atom. The highest BCUT2D eigenvalue weighted by Gasteiger charge is 2.20. The molecule has 246 valence electrons. The van der Waals surface area contributed by atoms with Crippen LogP contribution in [-0.4, -0.2) is 96.4 Å². The first kappa shape index (κ1) is 34.7. The van der Waals surface area contributed by atoms with Gasteiger partial charge in [0.1, 0.15) is 11.9 Å². The lowest BCUT2D eigenvalue weighted by Gasteiger charge is -2.34. The summed E-state index contributed by atoms with van der Waals surface area (Å²) in [5.41, 5.74) is 3.05. The van der Waals surface area contributed by atoms with E-state index in [0.29, 0.717) is 50.2 Å². The number of nitrogens with zero attached hydrogens (tertiary/aromatic N) is 2. The van der Waals surface area contributed by atoms with Crippen LogP contribution in [0.15, 0.2) is 91.0 Å². The van der Waals surface area contributed by atoms with Crippen LogP contribution < -0.4 is 14.2 Å². The molecule has 4 rings (SSSR count). The van der Waals surface area contributed by atoms with E-state index in [9.17, 15) is 4.79 Å². The summed E-state index contributed by atoms with van der Waals surface area (Å²) in [5, 5.41) is 0. The van der Waals surface area contributed by atoms with Gasteiger partial charge in [0.25, 0.3) is 0 Å². The number of piperazine rings is 1. The maximum Gasteiger partial charge on any atom is 0.246 e. The Labute approximate surface area is 272 Å². The van der Waals surface area contributed by atoms with Gasteiger partial charge in [0.15, 0.2) is 18.3 Å². The normalized spacial score (nSPS) is 14.0. The van der Waals surface area contributed by atoms with Crippen LogP contribution in [-0.2, 0) is 19.0 Å². The van der Waals surface area contributed by atoms with E-state index in [1.54, 1.807) is 45.6 Å². The van der Waals surface area contributed by atoms with E-state index >= 15 is 0 Å². The summed E-state index contributed by atoms with van der Waals surface area (Å²) in [7, 11) is 4.78. The monoisotopic (exact) mass is 630 g/mol. The summed E-state index contributed by atoms with van der Waals surface area (Å²) in [6.07, 6.45) is 7.84. The minimum Gasteiger partial charge on any atom is -0.497 e. The highest BCUT2D eigenvalue weighted by Crippen LogP contribution is 2.36. The third kappa shape index (κ3) is 10.7. The molecule has 0 atom stereocenters. The average Bonchev–Trinajstić information content (AvgIpc) is 3.11. The van der Waals surface area contributed by atoms with Crippen LogP contribution in [0.25, 0.3) is 6.08 Å². The first-order valence-electron chi connectivity index (χ1n) is 15.7. The molecule has 0 saturated carbocycles. The van der Waals surface area contributed by atoms with E-state index in [-0.39, 0.29) is 18.8 Å².